The third-order valence-corrected chi connectivity index (χ3v) is 4.29. The summed E-state index contributed by atoms with van der Waals surface area (Å²) in [5.41, 5.74) is 6.99. The fraction of sp³-hybridized carbons (Fsp3) is 0.600. The van der Waals surface area contributed by atoms with Gasteiger partial charge in [0.1, 0.15) is 0 Å². The van der Waals surface area contributed by atoms with Gasteiger partial charge >= 0.3 is 0 Å². The summed E-state index contributed by atoms with van der Waals surface area (Å²) in [6.07, 6.45) is 5.97. The number of nitrogens with two attached hydrogens (primary N) is 2. The summed E-state index contributed by atoms with van der Waals surface area (Å²) in [6, 6.07) is 4.47. The van der Waals surface area contributed by atoms with E-state index in [0.717, 1.165) is 25.3 Å². The Morgan fingerprint density at radius 1 is 1.14 bits per heavy atom. The molecule has 0 aliphatic rings. The van der Waals surface area contributed by atoms with Crippen molar-refractivity contribution in [2.75, 3.05) is 17.6 Å². The largest absolute Gasteiger partial charge is 0.397 e. The highest BCUT2D eigenvalue weighted by molar-refractivity contribution is 7.89. The van der Waals surface area contributed by atoms with Gasteiger partial charge in [0.25, 0.3) is 0 Å². The molecule has 6 heteroatoms. The Balaban J connectivity index is 2.38. The Bertz CT molecular complexity index is 542. The van der Waals surface area contributed by atoms with Crippen LogP contribution in [-0.2, 0) is 10.0 Å². The van der Waals surface area contributed by atoms with Gasteiger partial charge in [0.05, 0.1) is 16.3 Å². The van der Waals surface area contributed by atoms with Crippen molar-refractivity contribution in [3.63, 3.8) is 0 Å². The second-order valence-corrected chi connectivity index (χ2v) is 7.38. The molecule has 0 radical (unpaired) electrons. The minimum absolute atomic E-state index is 0.0798. The van der Waals surface area contributed by atoms with Crippen molar-refractivity contribution in [3.8, 4) is 0 Å². The third kappa shape index (κ3) is 6.82. The number of hydrogen-bond donors (Lipinski definition) is 3. The number of nitrogens with one attached hydrogen (secondary N) is 1. The standard InChI is InChI=1S/C15H27N3O2S/c1-12(2)7-5-3-4-6-10-18-15-11-13(21(17,19)20)8-9-14(15)16/h8-9,11-12,18H,3-7,10,16H2,1-2H3,(H2,17,19,20). The molecule has 0 aliphatic carbocycles. The molecule has 120 valence electrons. The second-order valence-electron chi connectivity index (χ2n) is 5.82. The molecule has 1 rings (SSSR count). The van der Waals surface area contributed by atoms with Crippen LogP contribution in [0, 0.1) is 5.92 Å². The SMILES string of the molecule is CC(C)CCCCCCNc1cc(S(N)(=O)=O)ccc1N. The van der Waals surface area contributed by atoms with Crippen LogP contribution in [0.25, 0.3) is 0 Å². The van der Waals surface area contributed by atoms with E-state index in [1.165, 1.54) is 31.4 Å². The lowest BCUT2D eigenvalue weighted by Gasteiger charge is -2.11. The Hall–Kier alpha value is -1.27. The summed E-state index contributed by atoms with van der Waals surface area (Å²) in [5, 5.41) is 8.29. The first-order valence-corrected chi connectivity index (χ1v) is 9.01. The van der Waals surface area contributed by atoms with Crippen LogP contribution in [0.15, 0.2) is 23.1 Å². The first-order valence-electron chi connectivity index (χ1n) is 7.47. The van der Waals surface area contributed by atoms with E-state index in [-0.39, 0.29) is 4.90 Å². The van der Waals surface area contributed by atoms with Crippen LogP contribution >= 0.6 is 0 Å². The monoisotopic (exact) mass is 313 g/mol. The molecule has 0 spiro atoms. The maximum absolute atomic E-state index is 11.3. The van der Waals surface area contributed by atoms with Gasteiger partial charge in [0, 0.05) is 6.54 Å². The predicted octanol–water partition coefficient (Wildman–Crippen LogP) is 2.93. The lowest BCUT2D eigenvalue weighted by molar-refractivity contribution is 0.523. The quantitative estimate of drug-likeness (QED) is 0.482. The number of nitrogen functional groups attached to an aromatic ring is 1. The van der Waals surface area contributed by atoms with E-state index in [0.29, 0.717) is 11.4 Å². The van der Waals surface area contributed by atoms with Gasteiger partial charge in [-0.1, -0.05) is 39.5 Å². The van der Waals surface area contributed by atoms with Gasteiger partial charge in [0.15, 0.2) is 0 Å². The van der Waals surface area contributed by atoms with E-state index >= 15 is 0 Å². The second kappa shape index (κ2) is 8.24. The number of rotatable bonds is 9. The average Bonchev–Trinajstić information content (AvgIpc) is 2.37. The third-order valence-electron chi connectivity index (χ3n) is 3.38. The maximum Gasteiger partial charge on any atom is 0.238 e. The van der Waals surface area contributed by atoms with Crippen LogP contribution in [0.3, 0.4) is 0 Å². The van der Waals surface area contributed by atoms with E-state index < -0.39 is 10.0 Å². The maximum atomic E-state index is 11.3. The fourth-order valence-electron chi connectivity index (χ4n) is 2.12. The molecule has 1 aromatic rings. The number of hydrogen-bond acceptors (Lipinski definition) is 4. The Labute approximate surface area is 128 Å². The number of unbranched alkanes of at least 4 members (excludes halogenated alkanes) is 3. The Morgan fingerprint density at radius 3 is 2.43 bits per heavy atom. The van der Waals surface area contributed by atoms with Crippen molar-refractivity contribution in [1.29, 1.82) is 0 Å². The summed E-state index contributed by atoms with van der Waals surface area (Å²) < 4.78 is 22.6. The lowest BCUT2D eigenvalue weighted by Crippen LogP contribution is -2.13. The van der Waals surface area contributed by atoms with Crippen LogP contribution in [0.1, 0.15) is 46.0 Å². The molecule has 5 nitrogen and oxygen atoms in total. The molecular formula is C15H27N3O2S. The molecule has 0 amide bonds. The molecule has 1 aromatic carbocycles. The zero-order chi connectivity index (χ0) is 15.9. The van der Waals surface area contributed by atoms with Crippen molar-refractivity contribution in [1.82, 2.24) is 0 Å². The average molecular weight is 313 g/mol. The molecule has 5 N–H and O–H groups in total. The van der Waals surface area contributed by atoms with Gasteiger partial charge in [-0.2, -0.15) is 0 Å². The number of anilines is 2. The van der Waals surface area contributed by atoms with Crippen LogP contribution in [0.2, 0.25) is 0 Å². The minimum atomic E-state index is -3.69. The number of benzene rings is 1. The van der Waals surface area contributed by atoms with E-state index in [1.54, 1.807) is 6.07 Å². The van der Waals surface area contributed by atoms with Crippen LogP contribution in [0.4, 0.5) is 11.4 Å². The molecule has 0 saturated carbocycles. The highest BCUT2D eigenvalue weighted by atomic mass is 32.2. The zero-order valence-electron chi connectivity index (χ0n) is 12.9. The Morgan fingerprint density at radius 2 is 1.81 bits per heavy atom. The summed E-state index contributed by atoms with van der Waals surface area (Å²) >= 11 is 0. The van der Waals surface area contributed by atoms with E-state index in [4.69, 9.17) is 10.9 Å². The molecule has 0 aliphatic heterocycles. The zero-order valence-corrected chi connectivity index (χ0v) is 13.7. The van der Waals surface area contributed by atoms with Gasteiger partial charge in [-0.3, -0.25) is 0 Å². The van der Waals surface area contributed by atoms with Crippen molar-refractivity contribution in [3.05, 3.63) is 18.2 Å². The molecule has 0 aromatic heterocycles. The van der Waals surface area contributed by atoms with Gasteiger partial charge < -0.3 is 11.1 Å². The summed E-state index contributed by atoms with van der Waals surface area (Å²) in [7, 11) is -3.69. The van der Waals surface area contributed by atoms with Crippen molar-refractivity contribution in [2.24, 2.45) is 11.1 Å². The fourth-order valence-corrected chi connectivity index (χ4v) is 2.66. The first kappa shape index (κ1) is 17.8. The molecule has 0 saturated heterocycles. The smallest absolute Gasteiger partial charge is 0.238 e. The van der Waals surface area contributed by atoms with Crippen LogP contribution in [0.5, 0.6) is 0 Å². The molecular weight excluding hydrogens is 286 g/mol. The lowest BCUT2D eigenvalue weighted by atomic mass is 10.0. The van der Waals surface area contributed by atoms with Crippen LogP contribution in [-0.4, -0.2) is 15.0 Å². The van der Waals surface area contributed by atoms with Crippen LogP contribution < -0.4 is 16.2 Å². The van der Waals surface area contributed by atoms with E-state index in [1.807, 2.05) is 0 Å². The molecule has 0 heterocycles. The normalized spacial score (nSPS) is 11.8. The highest BCUT2D eigenvalue weighted by Crippen LogP contribution is 2.22. The minimum Gasteiger partial charge on any atom is -0.397 e. The highest BCUT2D eigenvalue weighted by Gasteiger charge is 2.09. The summed E-state index contributed by atoms with van der Waals surface area (Å²) in [5.74, 6) is 0.767. The molecule has 0 fully saturated rings. The van der Waals surface area contributed by atoms with Gasteiger partial charge in [-0.15, -0.1) is 0 Å². The summed E-state index contributed by atoms with van der Waals surface area (Å²) in [4.78, 5) is 0.0798. The van der Waals surface area contributed by atoms with E-state index in [9.17, 15) is 8.42 Å². The topological polar surface area (TPSA) is 98.2 Å². The van der Waals surface area contributed by atoms with Gasteiger partial charge in [0.2, 0.25) is 10.0 Å². The predicted molar refractivity (Wildman–Crippen MR) is 88.6 cm³/mol. The van der Waals surface area contributed by atoms with Crippen molar-refractivity contribution >= 4 is 21.4 Å². The van der Waals surface area contributed by atoms with Crippen molar-refractivity contribution in [2.45, 2.75) is 50.8 Å². The van der Waals surface area contributed by atoms with Gasteiger partial charge in [-0.25, -0.2) is 13.6 Å². The molecule has 21 heavy (non-hydrogen) atoms. The number of primary sulfonamides is 1. The number of sulfonamides is 1. The Kier molecular flexibility index (Phi) is 6.98. The van der Waals surface area contributed by atoms with Crippen molar-refractivity contribution < 1.29 is 8.42 Å². The van der Waals surface area contributed by atoms with E-state index in [2.05, 4.69) is 19.2 Å². The summed E-state index contributed by atoms with van der Waals surface area (Å²) in [6.45, 7) is 5.26. The molecule has 0 atom stereocenters. The molecule has 0 unspecified atom stereocenters. The first-order chi connectivity index (χ1) is 9.80. The van der Waals surface area contributed by atoms with Gasteiger partial charge in [-0.05, 0) is 30.5 Å². The molecule has 0 bridgehead atoms.